The van der Waals surface area contributed by atoms with Crippen molar-refractivity contribution in [2.75, 3.05) is 0 Å². The largest absolute Gasteiger partial charge is 0.306 e. The molecule has 0 bridgehead atoms. The summed E-state index contributed by atoms with van der Waals surface area (Å²) < 4.78 is 4.32. The minimum absolute atomic E-state index is 0.121. The van der Waals surface area contributed by atoms with Gasteiger partial charge in [-0.2, -0.15) is 4.37 Å². The van der Waals surface area contributed by atoms with Crippen molar-refractivity contribution < 1.29 is 0 Å². The summed E-state index contributed by atoms with van der Waals surface area (Å²) in [6, 6.07) is 17.4. The fourth-order valence-electron chi connectivity index (χ4n) is 2.54. The second-order valence-electron chi connectivity index (χ2n) is 5.35. The van der Waals surface area contributed by atoms with Crippen LogP contribution in [0.4, 0.5) is 0 Å². The average molecular weight is 319 g/mol. The fraction of sp³-hybridized carbons (Fsp3) is 0.0556. The Kier molecular flexibility index (Phi) is 3.28. The van der Waals surface area contributed by atoms with Crippen LogP contribution in [-0.4, -0.2) is 14.3 Å². The number of rotatable bonds is 2. The van der Waals surface area contributed by atoms with Crippen molar-refractivity contribution in [3.63, 3.8) is 0 Å². The predicted molar refractivity (Wildman–Crippen MR) is 93.6 cm³/mol. The minimum Gasteiger partial charge on any atom is -0.306 e. The molecule has 0 atom stereocenters. The van der Waals surface area contributed by atoms with Crippen molar-refractivity contribution >= 4 is 22.4 Å². The topological polar surface area (TPSA) is 58.6 Å². The van der Waals surface area contributed by atoms with Crippen LogP contribution in [0.1, 0.15) is 5.69 Å². The van der Waals surface area contributed by atoms with Crippen molar-refractivity contribution in [3.8, 4) is 21.8 Å². The van der Waals surface area contributed by atoms with Crippen LogP contribution in [0.3, 0.4) is 0 Å². The lowest BCUT2D eigenvalue weighted by Gasteiger charge is -2.05. The van der Waals surface area contributed by atoms with Crippen molar-refractivity contribution in [2.45, 2.75) is 6.92 Å². The van der Waals surface area contributed by atoms with Crippen LogP contribution < -0.4 is 5.56 Å². The van der Waals surface area contributed by atoms with Gasteiger partial charge in [-0.05, 0) is 48.3 Å². The Labute approximate surface area is 136 Å². The smallest absolute Gasteiger partial charge is 0.259 e. The maximum atomic E-state index is 12.2. The molecule has 0 unspecified atom stereocenters. The lowest BCUT2D eigenvalue weighted by atomic mass is 10.1. The van der Waals surface area contributed by atoms with Gasteiger partial charge in [-0.15, -0.1) is 0 Å². The molecule has 4 rings (SSSR count). The number of hydrogen-bond acceptors (Lipinski definition) is 4. The quantitative estimate of drug-likeness (QED) is 0.607. The molecule has 0 aliphatic carbocycles. The summed E-state index contributed by atoms with van der Waals surface area (Å²) in [5.74, 6) is 0.580. The Morgan fingerprint density at radius 3 is 2.65 bits per heavy atom. The van der Waals surface area contributed by atoms with Gasteiger partial charge >= 0.3 is 0 Å². The van der Waals surface area contributed by atoms with Crippen LogP contribution in [0.15, 0.2) is 59.4 Å². The summed E-state index contributed by atoms with van der Waals surface area (Å²) >= 11 is 1.47. The normalized spacial score (nSPS) is 11.0. The van der Waals surface area contributed by atoms with Crippen molar-refractivity contribution in [1.82, 2.24) is 14.3 Å². The average Bonchev–Trinajstić information content (AvgIpc) is 3.01. The van der Waals surface area contributed by atoms with Gasteiger partial charge in [0.05, 0.1) is 21.5 Å². The molecule has 5 heteroatoms. The minimum atomic E-state index is -0.121. The number of fused-ring (bicyclic) bond motifs is 1. The van der Waals surface area contributed by atoms with Gasteiger partial charge in [-0.25, -0.2) is 4.98 Å². The SMILES string of the molecule is Cc1cc(-c2cccc(-c3nc4ccccc4c(=O)[nH]3)c2)sn1. The number of aromatic nitrogens is 3. The van der Waals surface area contributed by atoms with Gasteiger partial charge in [0.15, 0.2) is 0 Å². The van der Waals surface area contributed by atoms with E-state index in [9.17, 15) is 4.79 Å². The summed E-state index contributed by atoms with van der Waals surface area (Å²) in [6.45, 7) is 1.98. The second-order valence-corrected chi connectivity index (χ2v) is 6.15. The third-order valence-corrected chi connectivity index (χ3v) is 4.59. The monoisotopic (exact) mass is 319 g/mol. The zero-order valence-electron chi connectivity index (χ0n) is 12.4. The molecular formula is C18H13N3OS. The molecule has 0 fully saturated rings. The van der Waals surface area contributed by atoms with E-state index in [1.54, 1.807) is 6.07 Å². The maximum Gasteiger partial charge on any atom is 0.259 e. The van der Waals surface area contributed by atoms with E-state index in [-0.39, 0.29) is 5.56 Å². The van der Waals surface area contributed by atoms with Crippen LogP contribution in [-0.2, 0) is 0 Å². The zero-order chi connectivity index (χ0) is 15.8. The van der Waals surface area contributed by atoms with E-state index in [4.69, 9.17) is 0 Å². The Bertz CT molecular complexity index is 1070. The first-order valence-electron chi connectivity index (χ1n) is 7.24. The highest BCUT2D eigenvalue weighted by Crippen LogP contribution is 2.28. The summed E-state index contributed by atoms with van der Waals surface area (Å²) in [5, 5.41) is 0.602. The number of nitrogens with one attached hydrogen (secondary N) is 1. The second kappa shape index (κ2) is 5.44. The van der Waals surface area contributed by atoms with Crippen LogP contribution in [0.5, 0.6) is 0 Å². The van der Waals surface area contributed by atoms with E-state index in [1.165, 1.54) is 11.5 Å². The molecule has 2 aromatic heterocycles. The first-order valence-corrected chi connectivity index (χ1v) is 8.01. The Balaban J connectivity index is 1.86. The summed E-state index contributed by atoms with van der Waals surface area (Å²) in [4.78, 5) is 20.8. The number of aromatic amines is 1. The highest BCUT2D eigenvalue weighted by Gasteiger charge is 2.08. The van der Waals surface area contributed by atoms with Crippen LogP contribution in [0.25, 0.3) is 32.7 Å². The molecule has 0 saturated heterocycles. The molecule has 2 aromatic carbocycles. The molecule has 23 heavy (non-hydrogen) atoms. The van der Waals surface area contributed by atoms with Gasteiger partial charge in [0, 0.05) is 5.56 Å². The molecular weight excluding hydrogens is 306 g/mol. The molecule has 0 radical (unpaired) electrons. The van der Waals surface area contributed by atoms with E-state index in [0.717, 1.165) is 21.7 Å². The highest BCUT2D eigenvalue weighted by molar-refractivity contribution is 7.09. The third kappa shape index (κ3) is 2.55. The van der Waals surface area contributed by atoms with E-state index < -0.39 is 0 Å². The van der Waals surface area contributed by atoms with Gasteiger partial charge in [-0.3, -0.25) is 4.79 Å². The molecule has 0 aliphatic heterocycles. The van der Waals surface area contributed by atoms with Crippen LogP contribution in [0.2, 0.25) is 0 Å². The third-order valence-electron chi connectivity index (χ3n) is 3.66. The molecule has 112 valence electrons. The molecule has 1 N–H and O–H groups in total. The molecule has 0 spiro atoms. The number of para-hydroxylation sites is 1. The van der Waals surface area contributed by atoms with Gasteiger partial charge in [0.2, 0.25) is 0 Å². The Hall–Kier alpha value is -2.79. The van der Waals surface area contributed by atoms with Crippen molar-refractivity contribution in [3.05, 3.63) is 70.6 Å². The number of aryl methyl sites for hydroxylation is 1. The first kappa shape index (κ1) is 13.8. The summed E-state index contributed by atoms with van der Waals surface area (Å²) in [5.41, 5.74) is 3.54. The molecule has 4 aromatic rings. The van der Waals surface area contributed by atoms with Gasteiger partial charge in [-0.1, -0.05) is 30.3 Å². The van der Waals surface area contributed by atoms with E-state index in [1.807, 2.05) is 49.4 Å². The lowest BCUT2D eigenvalue weighted by molar-refractivity contribution is 1.18. The van der Waals surface area contributed by atoms with Crippen LogP contribution >= 0.6 is 11.5 Å². The van der Waals surface area contributed by atoms with Gasteiger partial charge < -0.3 is 4.98 Å². The first-order chi connectivity index (χ1) is 11.2. The van der Waals surface area contributed by atoms with E-state index >= 15 is 0 Å². The summed E-state index contributed by atoms with van der Waals surface area (Å²) in [7, 11) is 0. The van der Waals surface area contributed by atoms with Gasteiger partial charge in [0.25, 0.3) is 5.56 Å². The molecule has 0 aliphatic rings. The zero-order valence-corrected chi connectivity index (χ0v) is 13.2. The number of benzene rings is 2. The van der Waals surface area contributed by atoms with Gasteiger partial charge in [0.1, 0.15) is 5.82 Å². The Morgan fingerprint density at radius 2 is 1.83 bits per heavy atom. The van der Waals surface area contributed by atoms with E-state index in [0.29, 0.717) is 16.7 Å². The van der Waals surface area contributed by atoms with Crippen LogP contribution in [0, 0.1) is 6.92 Å². The lowest BCUT2D eigenvalue weighted by Crippen LogP contribution is -2.09. The predicted octanol–water partition coefficient (Wildman–Crippen LogP) is 4.02. The highest BCUT2D eigenvalue weighted by atomic mass is 32.1. The number of hydrogen-bond donors (Lipinski definition) is 1. The van der Waals surface area contributed by atoms with E-state index in [2.05, 4.69) is 20.4 Å². The Morgan fingerprint density at radius 1 is 1.00 bits per heavy atom. The maximum absolute atomic E-state index is 12.2. The fourth-order valence-corrected chi connectivity index (χ4v) is 3.29. The molecule has 0 amide bonds. The number of nitrogens with zero attached hydrogens (tertiary/aromatic N) is 2. The molecule has 0 saturated carbocycles. The van der Waals surface area contributed by atoms with Crippen molar-refractivity contribution in [1.29, 1.82) is 0 Å². The van der Waals surface area contributed by atoms with Crippen molar-refractivity contribution in [2.24, 2.45) is 0 Å². The molecule has 2 heterocycles. The molecule has 4 nitrogen and oxygen atoms in total. The standard InChI is InChI=1S/C18H13N3OS/c1-11-9-16(23-21-11)12-5-4-6-13(10-12)17-19-15-8-3-2-7-14(15)18(22)20-17/h2-10H,1H3,(H,19,20,22). The summed E-state index contributed by atoms with van der Waals surface area (Å²) in [6.07, 6.45) is 0. The number of H-pyrrole nitrogens is 1.